The summed E-state index contributed by atoms with van der Waals surface area (Å²) in [7, 11) is -9.95. The monoisotopic (exact) mass is 1450 g/mol. The highest BCUT2D eigenvalue weighted by Gasteiger charge is 2.30. The third-order valence-corrected chi connectivity index (χ3v) is 19.0. The van der Waals surface area contributed by atoms with Crippen molar-refractivity contribution in [2.75, 3.05) is 39.6 Å². The highest BCUT2D eigenvalue weighted by atomic mass is 31.2. The van der Waals surface area contributed by atoms with Gasteiger partial charge in [-0.3, -0.25) is 37.3 Å². The van der Waals surface area contributed by atoms with E-state index in [-0.39, 0.29) is 25.7 Å². The molecular weight excluding hydrogens is 1310 g/mol. The number of phosphoric ester groups is 2. The van der Waals surface area contributed by atoms with E-state index < -0.39 is 97.5 Å². The Hall–Kier alpha value is -3.50. The molecule has 0 amide bonds. The van der Waals surface area contributed by atoms with Crippen LogP contribution in [0.1, 0.15) is 362 Å². The molecule has 0 aromatic carbocycles. The van der Waals surface area contributed by atoms with E-state index in [1.165, 1.54) is 109 Å². The van der Waals surface area contributed by atoms with Crippen molar-refractivity contribution in [2.24, 2.45) is 0 Å². The van der Waals surface area contributed by atoms with Gasteiger partial charge < -0.3 is 33.8 Å². The van der Waals surface area contributed by atoms with E-state index in [0.717, 1.165) is 173 Å². The molecule has 0 aromatic rings. The van der Waals surface area contributed by atoms with Gasteiger partial charge in [0.2, 0.25) is 0 Å². The van der Waals surface area contributed by atoms with Crippen LogP contribution in [0.4, 0.5) is 0 Å². The molecule has 0 bridgehead atoms. The lowest BCUT2D eigenvalue weighted by Crippen LogP contribution is -2.30. The summed E-state index contributed by atoms with van der Waals surface area (Å²) in [6.07, 6.45) is 74.5. The van der Waals surface area contributed by atoms with Crippen LogP contribution in [0.2, 0.25) is 0 Å². The van der Waals surface area contributed by atoms with Gasteiger partial charge in [0, 0.05) is 25.7 Å². The van der Waals surface area contributed by atoms with Gasteiger partial charge in [-0.05, 0) is 116 Å². The minimum Gasteiger partial charge on any atom is -0.462 e. The van der Waals surface area contributed by atoms with Crippen LogP contribution in [-0.2, 0) is 65.4 Å². The topological polar surface area (TPSA) is 237 Å². The third kappa shape index (κ3) is 72.8. The molecule has 0 aromatic heterocycles. The Kier molecular flexibility index (Phi) is 71.2. The molecule has 582 valence electrons. The SMILES string of the molecule is CCC/C=C\C/C=C\CCCCCCCC(=O)OCC(COP(=O)(O)OCC(O)COP(=O)(O)OCC(COC(=O)CCCCCCCC/C=C\C/C=C\C/C=C\CCCCC)OC(=O)CCCCCCC/C=C\CCCCCCCC)OC(=O)CCCCCCCCCCCCCCC. The summed E-state index contributed by atoms with van der Waals surface area (Å²) in [5.41, 5.74) is 0. The van der Waals surface area contributed by atoms with Crippen molar-refractivity contribution < 1.29 is 80.2 Å². The van der Waals surface area contributed by atoms with E-state index in [9.17, 15) is 43.2 Å². The first-order valence-corrected chi connectivity index (χ1v) is 43.2. The lowest BCUT2D eigenvalue weighted by Gasteiger charge is -2.21. The number of rotatable bonds is 76. The van der Waals surface area contributed by atoms with Gasteiger partial charge in [0.05, 0.1) is 26.4 Å². The zero-order valence-electron chi connectivity index (χ0n) is 63.6. The van der Waals surface area contributed by atoms with Crippen molar-refractivity contribution in [2.45, 2.75) is 380 Å². The maximum Gasteiger partial charge on any atom is 0.472 e. The van der Waals surface area contributed by atoms with Gasteiger partial charge in [0.25, 0.3) is 0 Å². The number of esters is 4. The number of hydrogen-bond acceptors (Lipinski definition) is 15. The van der Waals surface area contributed by atoms with Gasteiger partial charge in [-0.2, -0.15) is 0 Å². The van der Waals surface area contributed by atoms with E-state index in [0.29, 0.717) is 25.7 Å². The Labute approximate surface area is 609 Å². The smallest absolute Gasteiger partial charge is 0.462 e. The van der Waals surface area contributed by atoms with E-state index in [4.69, 9.17) is 37.0 Å². The molecule has 19 heteroatoms. The minimum atomic E-state index is -4.98. The first-order valence-electron chi connectivity index (χ1n) is 40.2. The summed E-state index contributed by atoms with van der Waals surface area (Å²) in [6, 6.07) is 0. The summed E-state index contributed by atoms with van der Waals surface area (Å²) in [5.74, 6) is -2.18. The molecular formula is C81H146O17P2. The summed E-state index contributed by atoms with van der Waals surface area (Å²) in [6.45, 7) is 4.80. The van der Waals surface area contributed by atoms with Crippen molar-refractivity contribution in [1.29, 1.82) is 0 Å². The predicted octanol–water partition coefficient (Wildman–Crippen LogP) is 23.2. The molecule has 5 atom stereocenters. The normalized spacial score (nSPS) is 14.3. The second-order valence-electron chi connectivity index (χ2n) is 27.0. The van der Waals surface area contributed by atoms with Crippen LogP contribution in [0.15, 0.2) is 72.9 Å². The molecule has 3 N–H and O–H groups in total. The molecule has 0 fully saturated rings. The zero-order valence-corrected chi connectivity index (χ0v) is 65.4. The molecule has 0 saturated carbocycles. The average Bonchev–Trinajstić information content (AvgIpc) is 0.946. The van der Waals surface area contributed by atoms with Gasteiger partial charge in [0.1, 0.15) is 19.3 Å². The second-order valence-corrected chi connectivity index (χ2v) is 29.9. The number of ether oxygens (including phenoxy) is 4. The van der Waals surface area contributed by atoms with Gasteiger partial charge in [-0.25, -0.2) is 9.13 Å². The second kappa shape index (κ2) is 73.8. The van der Waals surface area contributed by atoms with Crippen molar-refractivity contribution in [3.05, 3.63) is 72.9 Å². The standard InChI is InChI=1S/C81H146O17P2/c1-5-9-13-17-21-25-29-33-35-36-37-38-40-43-46-50-54-58-62-66-79(84)92-72-77(98-81(86)68-64-60-56-52-48-44-39-34-30-26-22-18-14-10-6-2)74-96-100(89,90)94-70-75(82)69-93-99(87,88)95-73-76(97-80(85)67-63-59-55-51-47-42-32-28-24-20-16-12-8-4)71-91-78(83)65-61-57-53-49-45-41-31-27-23-19-15-11-7-3/h15,19,21,25,27,31,33-35,37-39,75-77,82H,5-14,16-18,20,22-24,26,28-30,32,36,40-74H2,1-4H3,(H,87,88)(H,89,90)/b19-15-,25-21-,31-27-,35-33-,38-37-,39-34-. The molecule has 17 nitrogen and oxygen atoms in total. The molecule has 0 saturated heterocycles. The molecule has 0 rings (SSSR count). The molecule has 5 unspecified atom stereocenters. The number of allylic oxidation sites excluding steroid dienone is 12. The van der Waals surface area contributed by atoms with Crippen molar-refractivity contribution >= 4 is 39.5 Å². The maximum absolute atomic E-state index is 13.1. The summed E-state index contributed by atoms with van der Waals surface area (Å²) < 4.78 is 68.6. The van der Waals surface area contributed by atoms with E-state index >= 15 is 0 Å². The molecule has 0 aliphatic rings. The molecule has 0 aliphatic carbocycles. The van der Waals surface area contributed by atoms with Crippen molar-refractivity contribution in [1.82, 2.24) is 0 Å². The summed E-state index contributed by atoms with van der Waals surface area (Å²) in [4.78, 5) is 73.0. The largest absolute Gasteiger partial charge is 0.472 e. The third-order valence-electron chi connectivity index (χ3n) is 17.1. The van der Waals surface area contributed by atoms with Crippen molar-refractivity contribution in [3.63, 3.8) is 0 Å². The van der Waals surface area contributed by atoms with Crippen LogP contribution in [0.25, 0.3) is 0 Å². The minimum absolute atomic E-state index is 0.0848. The van der Waals surface area contributed by atoms with Gasteiger partial charge >= 0.3 is 39.5 Å². The lowest BCUT2D eigenvalue weighted by molar-refractivity contribution is -0.161. The molecule has 100 heavy (non-hydrogen) atoms. The summed E-state index contributed by atoms with van der Waals surface area (Å²) in [5, 5.41) is 10.6. The average molecular weight is 1450 g/mol. The van der Waals surface area contributed by atoms with Crippen molar-refractivity contribution in [3.8, 4) is 0 Å². The van der Waals surface area contributed by atoms with Gasteiger partial charge in [-0.1, -0.05) is 293 Å². The fourth-order valence-electron chi connectivity index (χ4n) is 11.0. The van der Waals surface area contributed by atoms with E-state index in [1.54, 1.807) is 0 Å². The van der Waals surface area contributed by atoms with Crippen LogP contribution in [-0.4, -0.2) is 96.7 Å². The Morgan fingerprint density at radius 2 is 0.510 bits per heavy atom. The number of phosphoric acid groups is 2. The van der Waals surface area contributed by atoms with Gasteiger partial charge in [-0.15, -0.1) is 0 Å². The number of aliphatic hydroxyl groups excluding tert-OH is 1. The summed E-state index contributed by atoms with van der Waals surface area (Å²) >= 11 is 0. The fourth-order valence-corrected chi connectivity index (χ4v) is 12.5. The van der Waals surface area contributed by atoms with Crippen LogP contribution in [0.3, 0.4) is 0 Å². The highest BCUT2D eigenvalue weighted by Crippen LogP contribution is 2.45. The van der Waals surface area contributed by atoms with E-state index in [1.807, 2.05) is 0 Å². The predicted molar refractivity (Wildman–Crippen MR) is 409 cm³/mol. The Morgan fingerprint density at radius 3 is 0.820 bits per heavy atom. The molecule has 0 spiro atoms. The molecule has 0 aliphatic heterocycles. The Morgan fingerprint density at radius 1 is 0.280 bits per heavy atom. The Balaban J connectivity index is 5.33. The lowest BCUT2D eigenvalue weighted by atomic mass is 10.0. The van der Waals surface area contributed by atoms with Crippen LogP contribution < -0.4 is 0 Å². The number of carbonyl (C=O) groups excluding carboxylic acids is 4. The van der Waals surface area contributed by atoms with E-state index in [2.05, 4.69) is 101 Å². The molecule has 0 heterocycles. The van der Waals surface area contributed by atoms with Crippen LogP contribution in [0, 0.1) is 0 Å². The molecule has 0 radical (unpaired) electrons. The first-order chi connectivity index (χ1) is 48.7. The fraction of sp³-hybridized carbons (Fsp3) is 0.802. The maximum atomic E-state index is 13.1. The number of hydrogen-bond donors (Lipinski definition) is 3. The number of aliphatic hydroxyl groups is 1. The zero-order chi connectivity index (χ0) is 73.2. The van der Waals surface area contributed by atoms with Gasteiger partial charge in [0.15, 0.2) is 12.2 Å². The highest BCUT2D eigenvalue weighted by molar-refractivity contribution is 7.47. The number of carbonyl (C=O) groups is 4. The Bertz CT molecular complexity index is 2180. The number of unbranched alkanes of at least 4 members (excludes halogenated alkanes) is 38. The first kappa shape index (κ1) is 96.5. The van der Waals surface area contributed by atoms with Crippen LogP contribution >= 0.6 is 15.6 Å². The van der Waals surface area contributed by atoms with Crippen LogP contribution in [0.5, 0.6) is 0 Å². The quantitative estimate of drug-likeness (QED) is 0.0169.